The predicted octanol–water partition coefficient (Wildman–Crippen LogP) is 2.42. The quantitative estimate of drug-likeness (QED) is 0.740. The summed E-state index contributed by atoms with van der Waals surface area (Å²) >= 11 is 0. The third kappa shape index (κ3) is 2.45. The molecule has 4 atom stereocenters. The highest BCUT2D eigenvalue weighted by Gasteiger charge is 2.36. The predicted molar refractivity (Wildman–Crippen MR) is 81.8 cm³/mol. The van der Waals surface area contributed by atoms with E-state index in [1.165, 1.54) is 64.7 Å². The minimum Gasteiger partial charge on any atom is -0.296 e. The van der Waals surface area contributed by atoms with Crippen LogP contribution in [0.5, 0.6) is 0 Å². The van der Waals surface area contributed by atoms with Gasteiger partial charge in [0.1, 0.15) is 0 Å². The summed E-state index contributed by atoms with van der Waals surface area (Å²) in [5.41, 5.74) is 0. The second-order valence-electron chi connectivity index (χ2n) is 7.17. The van der Waals surface area contributed by atoms with Gasteiger partial charge in [-0.2, -0.15) is 10.2 Å². The van der Waals surface area contributed by atoms with Gasteiger partial charge in [-0.3, -0.25) is 10.0 Å². The number of rotatable bonds is 3. The lowest BCUT2D eigenvalue weighted by molar-refractivity contribution is 0.328. The van der Waals surface area contributed by atoms with Crippen LogP contribution in [0.25, 0.3) is 0 Å². The minimum absolute atomic E-state index is 0.919. The monoisotopic (exact) mass is 274 g/mol. The van der Waals surface area contributed by atoms with Gasteiger partial charge in [-0.15, -0.1) is 0 Å². The Morgan fingerprint density at radius 3 is 1.30 bits per heavy atom. The highest BCUT2D eigenvalue weighted by Crippen LogP contribution is 2.38. The van der Waals surface area contributed by atoms with Crippen molar-refractivity contribution in [3.8, 4) is 0 Å². The van der Waals surface area contributed by atoms with Crippen molar-refractivity contribution in [1.82, 2.24) is 10.0 Å². The largest absolute Gasteiger partial charge is 0.296 e. The van der Waals surface area contributed by atoms with Crippen LogP contribution in [0.1, 0.15) is 38.5 Å². The molecule has 4 unspecified atom stereocenters. The Kier molecular flexibility index (Phi) is 3.41. The molecule has 4 rings (SSSR count). The van der Waals surface area contributed by atoms with Crippen molar-refractivity contribution in [1.29, 1.82) is 0 Å². The topological polar surface area (TPSA) is 31.2 Å². The summed E-state index contributed by atoms with van der Waals surface area (Å²) in [7, 11) is 0. The van der Waals surface area contributed by atoms with Gasteiger partial charge in [0, 0.05) is 26.2 Å². The van der Waals surface area contributed by atoms with Gasteiger partial charge in [0.2, 0.25) is 0 Å². The highest BCUT2D eigenvalue weighted by molar-refractivity contribution is 6.15. The number of hydrogen-bond acceptors (Lipinski definition) is 4. The molecule has 0 bridgehead atoms. The zero-order valence-electron chi connectivity index (χ0n) is 12.3. The van der Waals surface area contributed by atoms with Crippen LogP contribution in [0.4, 0.5) is 0 Å². The molecule has 0 N–H and O–H groups in total. The maximum absolute atomic E-state index is 4.57. The molecule has 4 nitrogen and oxygen atoms in total. The highest BCUT2D eigenvalue weighted by atomic mass is 15.5. The Labute approximate surface area is 121 Å². The number of nitrogens with zero attached hydrogens (tertiary/aromatic N) is 4. The molecule has 20 heavy (non-hydrogen) atoms. The molecule has 0 aromatic carbocycles. The van der Waals surface area contributed by atoms with E-state index in [4.69, 9.17) is 0 Å². The van der Waals surface area contributed by atoms with Crippen LogP contribution < -0.4 is 0 Å². The van der Waals surface area contributed by atoms with Gasteiger partial charge in [-0.25, -0.2) is 0 Å². The Morgan fingerprint density at radius 1 is 0.600 bits per heavy atom. The summed E-state index contributed by atoms with van der Waals surface area (Å²) in [6.07, 6.45) is 12.3. The second-order valence-corrected chi connectivity index (χ2v) is 7.17. The molecule has 0 spiro atoms. The first-order chi connectivity index (χ1) is 9.88. The van der Waals surface area contributed by atoms with Crippen LogP contribution >= 0.6 is 0 Å². The van der Waals surface area contributed by atoms with Crippen molar-refractivity contribution in [2.75, 3.05) is 26.2 Å². The van der Waals surface area contributed by atoms with Gasteiger partial charge in [-0.1, -0.05) is 12.8 Å². The lowest BCUT2D eigenvalue weighted by atomic mass is 10.0. The molecule has 2 saturated carbocycles. The van der Waals surface area contributed by atoms with E-state index in [0.29, 0.717) is 0 Å². The zero-order chi connectivity index (χ0) is 13.4. The molecule has 4 fully saturated rings. The number of fused-ring (bicyclic) bond motifs is 2. The van der Waals surface area contributed by atoms with E-state index in [9.17, 15) is 0 Å². The van der Waals surface area contributed by atoms with Gasteiger partial charge in [-0.05, 0) is 49.4 Å². The maximum atomic E-state index is 4.57. The van der Waals surface area contributed by atoms with Crippen molar-refractivity contribution < 1.29 is 0 Å². The Bertz CT molecular complexity index is 343. The lowest BCUT2D eigenvalue weighted by Crippen LogP contribution is -2.16. The van der Waals surface area contributed by atoms with E-state index in [2.05, 4.69) is 20.2 Å². The Morgan fingerprint density at radius 2 is 0.950 bits per heavy atom. The molecule has 0 radical (unpaired) electrons. The number of hydrazone groups is 2. The first-order valence-electron chi connectivity index (χ1n) is 8.45. The molecular weight excluding hydrogens is 248 g/mol. The molecule has 4 aliphatic rings. The molecule has 0 amide bonds. The fourth-order valence-electron chi connectivity index (χ4n) is 4.86. The molecule has 2 aliphatic carbocycles. The first-order valence-corrected chi connectivity index (χ1v) is 8.45. The molecule has 2 saturated heterocycles. The summed E-state index contributed by atoms with van der Waals surface area (Å²) in [6, 6.07) is 0. The molecule has 0 aromatic heterocycles. The summed E-state index contributed by atoms with van der Waals surface area (Å²) in [5, 5.41) is 13.6. The van der Waals surface area contributed by atoms with Gasteiger partial charge in [0.25, 0.3) is 0 Å². The molecule has 0 aromatic rings. The van der Waals surface area contributed by atoms with Crippen molar-refractivity contribution in [2.24, 2.45) is 33.9 Å². The summed E-state index contributed by atoms with van der Waals surface area (Å²) in [5.74, 6) is 3.67. The third-order valence-corrected chi connectivity index (χ3v) is 5.94. The standard InChI is InChI=1S/C16H26N4/c1-3-13-9-19(10-14(13)4-1)17-7-8-18-20-11-15-5-2-6-16(15)12-20/h7-8,13-16H,1-6,9-12H2/b17-7+,18-8+. The molecule has 2 aliphatic heterocycles. The van der Waals surface area contributed by atoms with Crippen molar-refractivity contribution in [3.05, 3.63) is 0 Å². The summed E-state index contributed by atoms with van der Waals surface area (Å²) in [6.45, 7) is 4.68. The van der Waals surface area contributed by atoms with Crippen LogP contribution in [-0.2, 0) is 0 Å². The van der Waals surface area contributed by atoms with Crippen LogP contribution in [-0.4, -0.2) is 48.6 Å². The van der Waals surface area contributed by atoms with Gasteiger partial charge >= 0.3 is 0 Å². The van der Waals surface area contributed by atoms with Crippen LogP contribution in [0.2, 0.25) is 0 Å². The summed E-state index contributed by atoms with van der Waals surface area (Å²) < 4.78 is 0. The Balaban J connectivity index is 1.24. The normalized spacial score (nSPS) is 40.4. The van der Waals surface area contributed by atoms with Gasteiger partial charge in [0.15, 0.2) is 0 Å². The zero-order valence-corrected chi connectivity index (χ0v) is 12.3. The average Bonchev–Trinajstić information content (AvgIpc) is 3.13. The van der Waals surface area contributed by atoms with Gasteiger partial charge in [0.05, 0.1) is 12.4 Å². The van der Waals surface area contributed by atoms with Crippen molar-refractivity contribution in [3.63, 3.8) is 0 Å². The first kappa shape index (κ1) is 12.7. The third-order valence-electron chi connectivity index (χ3n) is 5.94. The van der Waals surface area contributed by atoms with E-state index >= 15 is 0 Å². The summed E-state index contributed by atoms with van der Waals surface area (Å²) in [4.78, 5) is 0. The fraction of sp³-hybridized carbons (Fsp3) is 0.875. The van der Waals surface area contributed by atoms with Gasteiger partial charge < -0.3 is 0 Å². The molecule has 4 heteroatoms. The van der Waals surface area contributed by atoms with Crippen molar-refractivity contribution >= 4 is 12.4 Å². The fourth-order valence-corrected chi connectivity index (χ4v) is 4.86. The minimum atomic E-state index is 0.919. The van der Waals surface area contributed by atoms with Crippen LogP contribution in [0.3, 0.4) is 0 Å². The van der Waals surface area contributed by atoms with E-state index < -0.39 is 0 Å². The molecule has 2 heterocycles. The van der Waals surface area contributed by atoms with E-state index in [0.717, 1.165) is 23.7 Å². The lowest BCUT2D eigenvalue weighted by Gasteiger charge is -2.12. The Hall–Kier alpha value is -1.06. The molecular formula is C16H26N4. The van der Waals surface area contributed by atoms with Crippen LogP contribution in [0.15, 0.2) is 10.2 Å². The smallest absolute Gasteiger partial charge is 0.0671 e. The van der Waals surface area contributed by atoms with E-state index in [-0.39, 0.29) is 0 Å². The number of hydrogen-bond donors (Lipinski definition) is 0. The van der Waals surface area contributed by atoms with E-state index in [1.54, 1.807) is 0 Å². The maximum Gasteiger partial charge on any atom is 0.0671 e. The average molecular weight is 274 g/mol. The van der Waals surface area contributed by atoms with Crippen LogP contribution in [0, 0.1) is 23.7 Å². The SMILES string of the molecule is C(/C=N/N1CC2CCCC2C1)=N\N1CC2CCCC2C1. The molecule has 110 valence electrons. The second kappa shape index (κ2) is 5.38. The van der Waals surface area contributed by atoms with Crippen molar-refractivity contribution in [2.45, 2.75) is 38.5 Å². The van der Waals surface area contributed by atoms with E-state index in [1.807, 2.05) is 12.4 Å².